The Balaban J connectivity index is 1.88. The maximum absolute atomic E-state index is 11.8. The summed E-state index contributed by atoms with van der Waals surface area (Å²) < 4.78 is 0. The van der Waals surface area contributed by atoms with Gasteiger partial charge in [-0.2, -0.15) is 0 Å². The highest BCUT2D eigenvalue weighted by Gasteiger charge is 2.26. The number of hydrogen-bond acceptors (Lipinski definition) is 3. The van der Waals surface area contributed by atoms with Crippen LogP contribution in [0.2, 0.25) is 0 Å². The summed E-state index contributed by atoms with van der Waals surface area (Å²) in [4.78, 5) is 20.3. The van der Waals surface area contributed by atoms with Crippen LogP contribution in [0.25, 0.3) is 0 Å². The van der Waals surface area contributed by atoms with Crippen LogP contribution >= 0.6 is 0 Å². The quantitative estimate of drug-likeness (QED) is 0.605. The number of likely N-dealkylation sites (tertiary alicyclic amines) is 1. The van der Waals surface area contributed by atoms with Crippen LogP contribution in [0.4, 0.5) is 0 Å². The van der Waals surface area contributed by atoms with Gasteiger partial charge in [0.2, 0.25) is 5.91 Å². The molecule has 138 valence electrons. The van der Waals surface area contributed by atoms with E-state index in [1.807, 2.05) is 17.9 Å². The van der Waals surface area contributed by atoms with Crippen LogP contribution in [0.5, 0.6) is 0 Å². The van der Waals surface area contributed by atoms with E-state index in [1.54, 1.807) is 7.05 Å². The topological polar surface area (TPSA) is 60.0 Å². The first-order chi connectivity index (χ1) is 12.0. The van der Waals surface area contributed by atoms with E-state index >= 15 is 0 Å². The molecule has 0 radical (unpaired) electrons. The molecule has 6 heteroatoms. The third kappa shape index (κ3) is 5.46. The molecule has 0 aromatic heterocycles. The van der Waals surface area contributed by atoms with Crippen molar-refractivity contribution < 1.29 is 4.79 Å². The number of benzene rings is 1. The lowest BCUT2D eigenvalue weighted by Gasteiger charge is -2.26. The Morgan fingerprint density at radius 1 is 1.36 bits per heavy atom. The van der Waals surface area contributed by atoms with Crippen molar-refractivity contribution in [1.29, 1.82) is 0 Å². The summed E-state index contributed by atoms with van der Waals surface area (Å²) in [6.07, 6.45) is 1.53. The molecule has 1 heterocycles. The van der Waals surface area contributed by atoms with E-state index in [0.717, 1.165) is 32.0 Å². The van der Waals surface area contributed by atoms with Gasteiger partial charge in [-0.05, 0) is 26.1 Å². The van der Waals surface area contributed by atoms with Crippen LogP contribution in [-0.4, -0.2) is 68.5 Å². The van der Waals surface area contributed by atoms with Crippen LogP contribution in [0.3, 0.4) is 0 Å². The molecule has 0 spiro atoms. The molecule has 6 nitrogen and oxygen atoms in total. The van der Waals surface area contributed by atoms with Crippen molar-refractivity contribution in [2.75, 3.05) is 40.8 Å². The molecule has 2 atom stereocenters. The van der Waals surface area contributed by atoms with Gasteiger partial charge in [-0.3, -0.25) is 9.79 Å². The number of aliphatic imine (C=N–C) groups is 1. The van der Waals surface area contributed by atoms with Crippen molar-refractivity contribution in [2.45, 2.75) is 31.8 Å². The van der Waals surface area contributed by atoms with Gasteiger partial charge in [0.15, 0.2) is 5.96 Å². The first kappa shape index (κ1) is 19.2. The summed E-state index contributed by atoms with van der Waals surface area (Å²) in [5.41, 5.74) is 1.27. The Morgan fingerprint density at radius 2 is 2.08 bits per heavy atom. The zero-order valence-corrected chi connectivity index (χ0v) is 15.8. The van der Waals surface area contributed by atoms with Gasteiger partial charge in [0.05, 0.1) is 6.04 Å². The fourth-order valence-electron chi connectivity index (χ4n) is 3.18. The molecule has 2 N–H and O–H groups in total. The number of likely N-dealkylation sites (N-methyl/N-ethyl adjacent to an activating group) is 1. The lowest BCUT2D eigenvalue weighted by Crippen LogP contribution is -2.47. The fourth-order valence-corrected chi connectivity index (χ4v) is 3.18. The molecule has 1 aromatic rings. The molecule has 1 aliphatic heterocycles. The number of carbonyl (C=O) groups is 1. The highest BCUT2D eigenvalue weighted by Crippen LogP contribution is 2.16. The summed E-state index contributed by atoms with van der Waals surface area (Å²) in [5.74, 6) is 1.02. The minimum Gasteiger partial charge on any atom is -0.354 e. The van der Waals surface area contributed by atoms with E-state index in [4.69, 9.17) is 0 Å². The second kappa shape index (κ2) is 9.42. The third-order valence-corrected chi connectivity index (χ3v) is 4.68. The van der Waals surface area contributed by atoms with Crippen LogP contribution in [0.1, 0.15) is 31.4 Å². The SMILES string of the molecule is CCC(=O)N1CCC(NC(=NC)NCC(c2ccccc2)N(C)C)C1. The molecule has 0 saturated carbocycles. The molecule has 1 aromatic carbocycles. The van der Waals surface area contributed by atoms with Crippen molar-refractivity contribution in [1.82, 2.24) is 20.4 Å². The average molecular weight is 345 g/mol. The summed E-state index contributed by atoms with van der Waals surface area (Å²) in [6.45, 7) is 4.25. The number of carbonyl (C=O) groups excluding carboxylic acids is 1. The van der Waals surface area contributed by atoms with Crippen LogP contribution in [0.15, 0.2) is 35.3 Å². The van der Waals surface area contributed by atoms with E-state index in [-0.39, 0.29) is 18.0 Å². The second-order valence-electron chi connectivity index (χ2n) is 6.67. The zero-order chi connectivity index (χ0) is 18.2. The number of hydrogen-bond donors (Lipinski definition) is 2. The number of nitrogens with one attached hydrogen (secondary N) is 2. The van der Waals surface area contributed by atoms with Gasteiger partial charge in [-0.1, -0.05) is 37.3 Å². The van der Waals surface area contributed by atoms with Crippen LogP contribution in [-0.2, 0) is 4.79 Å². The molecule has 1 fully saturated rings. The summed E-state index contributed by atoms with van der Waals surface area (Å²) in [5, 5.41) is 6.87. The molecule has 25 heavy (non-hydrogen) atoms. The first-order valence-electron chi connectivity index (χ1n) is 9.01. The summed E-state index contributed by atoms with van der Waals surface area (Å²) in [7, 11) is 5.95. The minimum absolute atomic E-state index is 0.226. The lowest BCUT2D eigenvalue weighted by molar-refractivity contribution is -0.129. The zero-order valence-electron chi connectivity index (χ0n) is 15.8. The summed E-state index contributed by atoms with van der Waals surface area (Å²) in [6, 6.07) is 11.0. The fraction of sp³-hybridized carbons (Fsp3) is 0.579. The smallest absolute Gasteiger partial charge is 0.222 e. The van der Waals surface area contributed by atoms with Crippen LogP contribution < -0.4 is 10.6 Å². The number of rotatable bonds is 6. The Morgan fingerprint density at radius 3 is 2.68 bits per heavy atom. The predicted octanol–water partition coefficient (Wildman–Crippen LogP) is 1.47. The predicted molar refractivity (Wildman–Crippen MR) is 103 cm³/mol. The molecule has 0 aliphatic carbocycles. The highest BCUT2D eigenvalue weighted by atomic mass is 16.2. The van der Waals surface area contributed by atoms with Gasteiger partial charge in [-0.15, -0.1) is 0 Å². The largest absolute Gasteiger partial charge is 0.354 e. The number of guanidine groups is 1. The van der Waals surface area contributed by atoms with E-state index in [0.29, 0.717) is 6.42 Å². The lowest BCUT2D eigenvalue weighted by atomic mass is 10.1. The minimum atomic E-state index is 0.226. The molecular weight excluding hydrogens is 314 g/mol. The Kier molecular flexibility index (Phi) is 7.25. The Bertz CT molecular complexity index is 572. The van der Waals surface area contributed by atoms with E-state index in [1.165, 1.54) is 5.56 Å². The van der Waals surface area contributed by atoms with Crippen molar-refractivity contribution in [3.8, 4) is 0 Å². The average Bonchev–Trinajstić information content (AvgIpc) is 3.09. The number of amides is 1. The normalized spacial score (nSPS) is 19.2. The van der Waals surface area contributed by atoms with Gasteiger partial charge >= 0.3 is 0 Å². The van der Waals surface area contributed by atoms with Crippen molar-refractivity contribution >= 4 is 11.9 Å². The second-order valence-corrected chi connectivity index (χ2v) is 6.67. The van der Waals surface area contributed by atoms with Crippen molar-refractivity contribution in [2.24, 2.45) is 4.99 Å². The van der Waals surface area contributed by atoms with Gasteiger partial charge in [0.1, 0.15) is 0 Å². The monoisotopic (exact) mass is 345 g/mol. The Hall–Kier alpha value is -2.08. The van der Waals surface area contributed by atoms with E-state index in [9.17, 15) is 4.79 Å². The molecule has 0 bridgehead atoms. The highest BCUT2D eigenvalue weighted by molar-refractivity contribution is 5.80. The van der Waals surface area contributed by atoms with E-state index < -0.39 is 0 Å². The van der Waals surface area contributed by atoms with Crippen molar-refractivity contribution in [3.05, 3.63) is 35.9 Å². The first-order valence-corrected chi connectivity index (χ1v) is 9.01. The molecule has 1 amide bonds. The standard InChI is InChI=1S/C19H31N5O/c1-5-18(25)24-12-11-16(14-24)22-19(20-2)21-13-17(23(3)4)15-9-7-6-8-10-15/h6-10,16-17H,5,11-14H2,1-4H3,(H2,20,21,22). The molecule has 1 saturated heterocycles. The van der Waals surface area contributed by atoms with Gasteiger partial charge < -0.3 is 20.4 Å². The maximum Gasteiger partial charge on any atom is 0.222 e. The molecule has 2 rings (SSSR count). The van der Waals surface area contributed by atoms with Crippen molar-refractivity contribution in [3.63, 3.8) is 0 Å². The maximum atomic E-state index is 11.8. The Labute approximate surface area is 151 Å². The van der Waals surface area contributed by atoms with Gasteiger partial charge in [0, 0.05) is 39.1 Å². The van der Waals surface area contributed by atoms with Gasteiger partial charge in [0.25, 0.3) is 0 Å². The molecule has 1 aliphatic rings. The summed E-state index contributed by atoms with van der Waals surface area (Å²) >= 11 is 0. The third-order valence-electron chi connectivity index (χ3n) is 4.68. The molecule has 2 unspecified atom stereocenters. The number of nitrogens with zero attached hydrogens (tertiary/aromatic N) is 3. The van der Waals surface area contributed by atoms with Crippen LogP contribution in [0, 0.1) is 0 Å². The molecular formula is C19H31N5O. The van der Waals surface area contributed by atoms with Gasteiger partial charge in [-0.25, -0.2) is 0 Å². The van der Waals surface area contributed by atoms with E-state index in [2.05, 4.69) is 58.9 Å².